The van der Waals surface area contributed by atoms with E-state index in [1.54, 1.807) is 6.92 Å². The van der Waals surface area contributed by atoms with Crippen LogP contribution in [0.2, 0.25) is 0 Å². The average Bonchev–Trinajstić information content (AvgIpc) is 3.13. The molecule has 3 heteroatoms. The minimum Gasteiger partial charge on any atom is -0.466 e. The second-order valence-corrected chi connectivity index (χ2v) is 4.25. The van der Waals surface area contributed by atoms with Gasteiger partial charge in [-0.05, 0) is 37.3 Å². The molecule has 1 aliphatic rings. The molecule has 1 saturated carbocycles. The van der Waals surface area contributed by atoms with E-state index in [2.05, 4.69) is 17.4 Å². The fraction of sp³-hybridized carbons (Fsp3) is 0.400. The number of nitrogens with two attached hydrogens (primary N) is 1. The number of benzene rings is 1. The summed E-state index contributed by atoms with van der Waals surface area (Å²) < 4.78 is 4.40. The maximum Gasteiger partial charge on any atom is 0.302 e. The first-order chi connectivity index (χ1) is 8.60. The summed E-state index contributed by atoms with van der Waals surface area (Å²) in [5.41, 5.74) is 9.20. The molecule has 2 rings (SSSR count). The van der Waals surface area contributed by atoms with Gasteiger partial charge >= 0.3 is 5.97 Å². The Morgan fingerprint density at radius 2 is 2.22 bits per heavy atom. The molecule has 0 amide bonds. The molecule has 0 spiro atoms. The number of rotatable bonds is 3. The molecule has 0 unspecified atom stereocenters. The summed E-state index contributed by atoms with van der Waals surface area (Å²) in [6.07, 6.45) is 4.48. The van der Waals surface area contributed by atoms with E-state index in [9.17, 15) is 4.79 Å². The molecular formula is C15H21NO2. The highest BCUT2D eigenvalue weighted by Gasteiger charge is 2.25. The lowest BCUT2D eigenvalue weighted by atomic mass is 10.0. The smallest absolute Gasteiger partial charge is 0.302 e. The molecule has 0 bridgehead atoms. The lowest BCUT2D eigenvalue weighted by molar-refractivity contribution is -0.140. The molecule has 0 aliphatic heterocycles. The van der Waals surface area contributed by atoms with Crippen molar-refractivity contribution in [2.24, 2.45) is 0 Å². The first-order valence-electron chi connectivity index (χ1n) is 6.24. The van der Waals surface area contributed by atoms with E-state index in [4.69, 9.17) is 5.73 Å². The minimum atomic E-state index is -0.211. The number of hydrogen-bond donors (Lipinski definition) is 1. The normalized spacial score (nSPS) is 13.2. The van der Waals surface area contributed by atoms with Crippen molar-refractivity contribution >= 4 is 17.7 Å². The molecule has 1 fully saturated rings. The third-order valence-corrected chi connectivity index (χ3v) is 2.74. The highest BCUT2D eigenvalue weighted by atomic mass is 16.5. The van der Waals surface area contributed by atoms with Crippen molar-refractivity contribution < 1.29 is 9.53 Å². The number of nitrogen functional groups attached to an aromatic ring is 1. The Labute approximate surface area is 109 Å². The molecule has 3 nitrogen and oxygen atoms in total. The van der Waals surface area contributed by atoms with E-state index in [1.165, 1.54) is 25.3 Å². The molecule has 0 saturated heterocycles. The number of carbonyl (C=O) groups excluding carboxylic acids is 1. The highest BCUT2D eigenvalue weighted by Crippen LogP contribution is 2.42. The van der Waals surface area contributed by atoms with Crippen LogP contribution in [0, 0.1) is 0 Å². The van der Waals surface area contributed by atoms with Crippen molar-refractivity contribution in [1.29, 1.82) is 0 Å². The zero-order valence-corrected chi connectivity index (χ0v) is 11.1. The van der Waals surface area contributed by atoms with Gasteiger partial charge in [-0.25, -0.2) is 0 Å². The number of esters is 1. The van der Waals surface area contributed by atoms with E-state index >= 15 is 0 Å². The molecule has 2 N–H and O–H groups in total. The quantitative estimate of drug-likeness (QED) is 0.658. The van der Waals surface area contributed by atoms with E-state index in [-0.39, 0.29) is 5.97 Å². The van der Waals surface area contributed by atoms with Crippen LogP contribution in [0.4, 0.5) is 5.69 Å². The van der Waals surface area contributed by atoms with Gasteiger partial charge in [0.1, 0.15) is 0 Å². The van der Waals surface area contributed by atoms with Crippen molar-refractivity contribution in [2.45, 2.75) is 32.6 Å². The van der Waals surface area contributed by atoms with Gasteiger partial charge in [0.2, 0.25) is 0 Å². The largest absolute Gasteiger partial charge is 0.466 e. The van der Waals surface area contributed by atoms with E-state index in [1.807, 2.05) is 18.2 Å². The van der Waals surface area contributed by atoms with Crippen LogP contribution in [0.25, 0.3) is 6.08 Å². The molecule has 0 radical (unpaired) electrons. The van der Waals surface area contributed by atoms with Crippen LogP contribution < -0.4 is 5.73 Å². The molecule has 1 aromatic rings. The minimum absolute atomic E-state index is 0.211. The van der Waals surface area contributed by atoms with Gasteiger partial charge in [0.15, 0.2) is 0 Å². The third kappa shape index (κ3) is 4.24. The Balaban J connectivity index is 0.000000232. The molecule has 1 aromatic carbocycles. The van der Waals surface area contributed by atoms with Crippen molar-refractivity contribution in [1.82, 2.24) is 0 Å². The van der Waals surface area contributed by atoms with Crippen LogP contribution >= 0.6 is 0 Å². The van der Waals surface area contributed by atoms with Crippen molar-refractivity contribution in [3.63, 3.8) is 0 Å². The van der Waals surface area contributed by atoms with Crippen LogP contribution in [-0.2, 0) is 9.53 Å². The number of anilines is 1. The third-order valence-electron chi connectivity index (χ3n) is 2.74. The summed E-state index contributed by atoms with van der Waals surface area (Å²) in [6, 6.07) is 6.12. The second-order valence-electron chi connectivity index (χ2n) is 4.25. The Morgan fingerprint density at radius 1 is 1.56 bits per heavy atom. The van der Waals surface area contributed by atoms with Gasteiger partial charge in [-0.2, -0.15) is 0 Å². The summed E-state index contributed by atoms with van der Waals surface area (Å²) in [5, 5.41) is 0. The topological polar surface area (TPSA) is 52.3 Å². The zero-order chi connectivity index (χ0) is 13.5. The molecular weight excluding hydrogens is 226 g/mol. The van der Waals surface area contributed by atoms with Gasteiger partial charge in [0.05, 0.1) is 6.61 Å². The van der Waals surface area contributed by atoms with Crippen molar-refractivity contribution in [3.05, 3.63) is 35.9 Å². The zero-order valence-electron chi connectivity index (χ0n) is 11.1. The van der Waals surface area contributed by atoms with Crippen molar-refractivity contribution in [3.8, 4) is 0 Å². The highest BCUT2D eigenvalue weighted by molar-refractivity contribution is 5.67. The summed E-state index contributed by atoms with van der Waals surface area (Å²) in [4.78, 5) is 9.82. The summed E-state index contributed by atoms with van der Waals surface area (Å²) in [5.74, 6) is 0.541. The van der Waals surface area contributed by atoms with Crippen LogP contribution in [0.15, 0.2) is 24.8 Å². The fourth-order valence-electron chi connectivity index (χ4n) is 1.79. The van der Waals surface area contributed by atoms with Crippen LogP contribution in [0.1, 0.15) is 43.7 Å². The maximum absolute atomic E-state index is 9.82. The Hall–Kier alpha value is -1.77. The first kappa shape index (κ1) is 14.3. The van der Waals surface area contributed by atoms with E-state index in [0.717, 1.165) is 17.2 Å². The fourth-order valence-corrected chi connectivity index (χ4v) is 1.79. The summed E-state index contributed by atoms with van der Waals surface area (Å²) in [7, 11) is 0. The number of hydrogen-bond acceptors (Lipinski definition) is 3. The van der Waals surface area contributed by atoms with Crippen molar-refractivity contribution in [2.75, 3.05) is 12.3 Å². The predicted molar refractivity (Wildman–Crippen MR) is 75.2 cm³/mol. The maximum atomic E-state index is 9.82. The van der Waals surface area contributed by atoms with Crippen LogP contribution in [0.5, 0.6) is 0 Å². The number of carbonyl (C=O) groups is 1. The Kier molecular flexibility index (Phi) is 5.43. The van der Waals surface area contributed by atoms with Crippen LogP contribution in [0.3, 0.4) is 0 Å². The molecule has 98 valence electrons. The van der Waals surface area contributed by atoms with E-state index in [0.29, 0.717) is 6.61 Å². The van der Waals surface area contributed by atoms with Crippen LogP contribution in [-0.4, -0.2) is 12.6 Å². The number of ether oxygens (including phenoxy) is 1. The molecule has 18 heavy (non-hydrogen) atoms. The lowest BCUT2D eigenvalue weighted by Crippen LogP contribution is -1.95. The monoisotopic (exact) mass is 247 g/mol. The summed E-state index contributed by atoms with van der Waals surface area (Å²) >= 11 is 0. The summed E-state index contributed by atoms with van der Waals surface area (Å²) in [6.45, 7) is 7.44. The van der Waals surface area contributed by atoms with E-state index < -0.39 is 0 Å². The van der Waals surface area contributed by atoms with Gasteiger partial charge in [0, 0.05) is 18.2 Å². The van der Waals surface area contributed by atoms with Gasteiger partial charge in [0.25, 0.3) is 0 Å². The average molecular weight is 247 g/mol. The SMILES string of the molecule is C=Cc1c(N)cccc1C1CC1.CCOC(C)=O. The van der Waals surface area contributed by atoms with Gasteiger partial charge in [-0.15, -0.1) is 0 Å². The Bertz CT molecular complexity index is 423. The molecule has 1 aliphatic carbocycles. The first-order valence-corrected chi connectivity index (χ1v) is 6.24. The van der Waals surface area contributed by atoms with Gasteiger partial charge in [-0.1, -0.05) is 24.8 Å². The standard InChI is InChI=1S/C11H13N.C4H8O2/c1-2-9-10(8-6-7-8)4-3-5-11(9)12;1-3-6-4(2)5/h2-5,8H,1,6-7,12H2;3H2,1-2H3. The lowest BCUT2D eigenvalue weighted by Gasteiger charge is -2.06. The molecule has 0 heterocycles. The Morgan fingerprint density at radius 3 is 2.61 bits per heavy atom. The predicted octanol–water partition coefficient (Wildman–Crippen LogP) is 3.36. The van der Waals surface area contributed by atoms with Gasteiger partial charge in [-0.3, -0.25) is 4.79 Å². The van der Waals surface area contributed by atoms with Gasteiger partial charge < -0.3 is 10.5 Å². The second kappa shape index (κ2) is 6.84. The molecule has 0 atom stereocenters. The molecule has 0 aromatic heterocycles.